The summed E-state index contributed by atoms with van der Waals surface area (Å²) in [7, 11) is 3.14. The predicted octanol–water partition coefficient (Wildman–Crippen LogP) is 3.06. The number of methoxy groups -OCH3 is 2. The van der Waals surface area contributed by atoms with Gasteiger partial charge in [-0.05, 0) is 29.8 Å². The number of nitrogens with zero attached hydrogens (tertiary/aromatic N) is 3. The lowest BCUT2D eigenvalue weighted by molar-refractivity contribution is 0.241. The number of hydrogen-bond acceptors (Lipinski definition) is 6. The summed E-state index contributed by atoms with van der Waals surface area (Å²) in [6, 6.07) is 7.49. The second-order valence-corrected chi connectivity index (χ2v) is 7.26. The van der Waals surface area contributed by atoms with Crippen molar-refractivity contribution in [3.8, 4) is 22.9 Å². The van der Waals surface area contributed by atoms with Gasteiger partial charge in [0.1, 0.15) is 5.82 Å². The van der Waals surface area contributed by atoms with E-state index in [1.54, 1.807) is 26.6 Å². The van der Waals surface area contributed by atoms with Crippen LogP contribution in [0.2, 0.25) is 5.02 Å². The minimum absolute atomic E-state index is 0.108. The Hall–Kier alpha value is -2.90. The molecule has 1 aliphatic rings. The Morgan fingerprint density at radius 1 is 1.28 bits per heavy atom. The van der Waals surface area contributed by atoms with Crippen LogP contribution in [0.4, 0.5) is 0 Å². The fourth-order valence-corrected chi connectivity index (χ4v) is 3.89. The number of pyridine rings is 1. The van der Waals surface area contributed by atoms with Gasteiger partial charge in [0.2, 0.25) is 0 Å². The zero-order valence-corrected chi connectivity index (χ0v) is 17.0. The third-order valence-electron chi connectivity index (χ3n) is 4.98. The van der Waals surface area contributed by atoms with Crippen molar-refractivity contribution in [2.24, 2.45) is 0 Å². The third kappa shape index (κ3) is 3.97. The van der Waals surface area contributed by atoms with Gasteiger partial charge in [-0.1, -0.05) is 11.6 Å². The number of nitrogens with one attached hydrogen (secondary N) is 1. The molecular formula is C21H21ClN4O3. The molecule has 7 nitrogen and oxygen atoms in total. The smallest absolute Gasteiger partial charge is 0.255 e. The van der Waals surface area contributed by atoms with Gasteiger partial charge in [0.25, 0.3) is 5.56 Å². The van der Waals surface area contributed by atoms with E-state index in [1.165, 1.54) is 0 Å². The fourth-order valence-electron chi connectivity index (χ4n) is 3.58. The minimum Gasteiger partial charge on any atom is -0.493 e. The number of benzene rings is 1. The van der Waals surface area contributed by atoms with E-state index in [1.807, 2.05) is 24.3 Å². The first-order valence-corrected chi connectivity index (χ1v) is 9.62. The van der Waals surface area contributed by atoms with Crippen LogP contribution in [0.15, 0.2) is 41.5 Å². The number of halogens is 1. The quantitative estimate of drug-likeness (QED) is 0.693. The van der Waals surface area contributed by atoms with Gasteiger partial charge >= 0.3 is 0 Å². The lowest BCUT2D eigenvalue weighted by Crippen LogP contribution is -2.35. The molecule has 0 fully saturated rings. The first-order valence-electron chi connectivity index (χ1n) is 9.24. The third-order valence-corrected chi connectivity index (χ3v) is 5.26. The number of fused-ring (bicyclic) bond motifs is 1. The minimum atomic E-state index is -0.108. The molecule has 150 valence electrons. The molecule has 0 bridgehead atoms. The molecule has 0 amide bonds. The largest absolute Gasteiger partial charge is 0.493 e. The van der Waals surface area contributed by atoms with E-state index in [2.05, 4.69) is 19.9 Å². The Morgan fingerprint density at radius 3 is 2.86 bits per heavy atom. The monoisotopic (exact) mass is 412 g/mol. The van der Waals surface area contributed by atoms with Crippen LogP contribution < -0.4 is 15.0 Å². The lowest BCUT2D eigenvalue weighted by Gasteiger charge is -2.28. The molecule has 0 saturated heterocycles. The Balaban J connectivity index is 1.57. The molecule has 0 radical (unpaired) electrons. The van der Waals surface area contributed by atoms with Crippen molar-refractivity contribution in [2.75, 3.05) is 20.8 Å². The molecule has 0 atom stereocenters. The van der Waals surface area contributed by atoms with Crippen molar-refractivity contribution in [1.29, 1.82) is 0 Å². The molecular weight excluding hydrogens is 392 g/mol. The van der Waals surface area contributed by atoms with Crippen LogP contribution in [0.1, 0.15) is 16.8 Å². The fraction of sp³-hybridized carbons (Fsp3) is 0.286. The number of ether oxygens (including phenoxy) is 2. The van der Waals surface area contributed by atoms with Crippen molar-refractivity contribution in [3.63, 3.8) is 0 Å². The molecule has 4 rings (SSSR count). The summed E-state index contributed by atoms with van der Waals surface area (Å²) in [5, 5.41) is 0.500. The molecule has 0 unspecified atom stereocenters. The van der Waals surface area contributed by atoms with Crippen LogP contribution in [0, 0.1) is 0 Å². The summed E-state index contributed by atoms with van der Waals surface area (Å²) >= 11 is 6.32. The van der Waals surface area contributed by atoms with Gasteiger partial charge in [-0.2, -0.15) is 0 Å². The van der Waals surface area contributed by atoms with Crippen LogP contribution >= 0.6 is 11.6 Å². The molecule has 2 aromatic heterocycles. The topological polar surface area (TPSA) is 80.3 Å². The summed E-state index contributed by atoms with van der Waals surface area (Å²) in [5.41, 5.74) is 3.23. The summed E-state index contributed by atoms with van der Waals surface area (Å²) < 4.78 is 10.7. The standard InChI is InChI=1S/C21H21ClN4O3/c1-28-18-9-13(8-16(22)19(18)29-2)11-26-7-5-17-15(12-26)21(27)25-20(24-17)14-4-3-6-23-10-14/h3-4,6,8-10H,5,7,11-12H2,1-2H3,(H,24,25,27). The van der Waals surface area contributed by atoms with Gasteiger partial charge < -0.3 is 14.5 Å². The van der Waals surface area contributed by atoms with Crippen LogP contribution in [0.3, 0.4) is 0 Å². The van der Waals surface area contributed by atoms with Crippen molar-refractivity contribution in [1.82, 2.24) is 19.9 Å². The van der Waals surface area contributed by atoms with Crippen molar-refractivity contribution >= 4 is 11.6 Å². The highest BCUT2D eigenvalue weighted by Gasteiger charge is 2.22. The molecule has 3 heterocycles. The van der Waals surface area contributed by atoms with Gasteiger partial charge in [0.15, 0.2) is 11.5 Å². The van der Waals surface area contributed by atoms with Crippen molar-refractivity contribution in [2.45, 2.75) is 19.5 Å². The Bertz CT molecular complexity index is 1090. The maximum Gasteiger partial charge on any atom is 0.255 e. The van der Waals surface area contributed by atoms with Crippen LogP contribution in [-0.4, -0.2) is 40.6 Å². The number of H-pyrrole nitrogens is 1. The number of hydrogen-bond donors (Lipinski definition) is 1. The maximum absolute atomic E-state index is 12.7. The first kappa shape index (κ1) is 19.4. The Labute approximate surface area is 173 Å². The van der Waals surface area contributed by atoms with E-state index in [0.29, 0.717) is 47.4 Å². The Morgan fingerprint density at radius 2 is 2.14 bits per heavy atom. The second kappa shape index (κ2) is 8.23. The predicted molar refractivity (Wildman–Crippen MR) is 110 cm³/mol. The normalized spacial score (nSPS) is 13.8. The zero-order chi connectivity index (χ0) is 20.4. The molecule has 0 saturated carbocycles. The second-order valence-electron chi connectivity index (χ2n) is 6.86. The highest BCUT2D eigenvalue weighted by atomic mass is 35.5. The average Bonchev–Trinajstić information content (AvgIpc) is 2.74. The molecule has 1 aromatic carbocycles. The Kier molecular flexibility index (Phi) is 5.51. The van der Waals surface area contributed by atoms with Gasteiger partial charge in [-0.25, -0.2) is 4.98 Å². The first-order chi connectivity index (χ1) is 14.1. The van der Waals surface area contributed by atoms with Crippen LogP contribution in [-0.2, 0) is 19.5 Å². The summed E-state index contributed by atoms with van der Waals surface area (Å²) in [6.07, 6.45) is 4.09. The lowest BCUT2D eigenvalue weighted by atomic mass is 10.1. The SMILES string of the molecule is COc1cc(CN2CCc3nc(-c4cccnc4)[nH]c(=O)c3C2)cc(Cl)c1OC. The summed E-state index contributed by atoms with van der Waals surface area (Å²) in [5.74, 6) is 1.67. The van der Waals surface area contributed by atoms with Gasteiger partial charge in [0, 0.05) is 44.0 Å². The number of aromatic nitrogens is 3. The van der Waals surface area contributed by atoms with Crippen LogP contribution in [0.25, 0.3) is 11.4 Å². The van der Waals surface area contributed by atoms with E-state index < -0.39 is 0 Å². The molecule has 3 aromatic rings. The number of rotatable bonds is 5. The molecule has 0 aliphatic carbocycles. The van der Waals surface area contributed by atoms with E-state index in [9.17, 15) is 4.79 Å². The average molecular weight is 413 g/mol. The molecule has 1 aliphatic heterocycles. The maximum atomic E-state index is 12.7. The molecule has 0 spiro atoms. The van der Waals surface area contributed by atoms with Crippen molar-refractivity contribution in [3.05, 3.63) is 68.9 Å². The molecule has 8 heteroatoms. The highest BCUT2D eigenvalue weighted by molar-refractivity contribution is 6.32. The van der Waals surface area contributed by atoms with Gasteiger partial charge in [0.05, 0.1) is 30.5 Å². The van der Waals surface area contributed by atoms with Gasteiger partial charge in [-0.15, -0.1) is 0 Å². The summed E-state index contributed by atoms with van der Waals surface area (Å²) in [4.78, 5) is 26.5. The van der Waals surface area contributed by atoms with Crippen LogP contribution in [0.5, 0.6) is 11.5 Å². The van der Waals surface area contributed by atoms with E-state index >= 15 is 0 Å². The van der Waals surface area contributed by atoms with E-state index in [-0.39, 0.29) is 5.56 Å². The van der Waals surface area contributed by atoms with E-state index in [0.717, 1.165) is 23.4 Å². The molecule has 29 heavy (non-hydrogen) atoms. The summed E-state index contributed by atoms with van der Waals surface area (Å²) in [6.45, 7) is 1.96. The van der Waals surface area contributed by atoms with Gasteiger partial charge in [-0.3, -0.25) is 14.7 Å². The number of aromatic amines is 1. The highest BCUT2D eigenvalue weighted by Crippen LogP contribution is 2.36. The zero-order valence-electron chi connectivity index (χ0n) is 16.2. The molecule has 1 N–H and O–H groups in total. The van der Waals surface area contributed by atoms with E-state index in [4.69, 9.17) is 21.1 Å². The van der Waals surface area contributed by atoms with Crippen molar-refractivity contribution < 1.29 is 9.47 Å².